The van der Waals surface area contributed by atoms with Crippen LogP contribution in [0.2, 0.25) is 0 Å². The third kappa shape index (κ3) is 2.39. The molecule has 0 amide bonds. The number of nitrogens with one attached hydrogen (secondary N) is 1. The van der Waals surface area contributed by atoms with Gasteiger partial charge in [0.15, 0.2) is 17.3 Å². The first kappa shape index (κ1) is 12.0. The van der Waals surface area contributed by atoms with Crippen molar-refractivity contribution >= 4 is 0 Å². The Labute approximate surface area is 110 Å². The maximum atomic E-state index is 5.63. The van der Waals surface area contributed by atoms with Crippen molar-refractivity contribution in [3.8, 4) is 23.0 Å². The lowest BCUT2D eigenvalue weighted by atomic mass is 10.1. The average molecular weight is 261 g/mol. The van der Waals surface area contributed by atoms with Crippen LogP contribution < -0.4 is 14.8 Å². The van der Waals surface area contributed by atoms with Crippen molar-refractivity contribution in [2.24, 2.45) is 0 Å². The molecule has 1 aliphatic rings. The van der Waals surface area contributed by atoms with Crippen molar-refractivity contribution in [3.63, 3.8) is 0 Å². The van der Waals surface area contributed by atoms with Gasteiger partial charge in [-0.1, -0.05) is 11.2 Å². The summed E-state index contributed by atoms with van der Waals surface area (Å²) in [7, 11) is 1.89. The first-order valence-electron chi connectivity index (χ1n) is 6.24. The van der Waals surface area contributed by atoms with Crippen molar-refractivity contribution in [3.05, 3.63) is 24.0 Å². The molecule has 0 aliphatic carbocycles. The van der Waals surface area contributed by atoms with Crippen LogP contribution in [0.1, 0.15) is 5.82 Å². The number of ether oxygens (including phenoxy) is 2. The van der Waals surface area contributed by atoms with Crippen LogP contribution in [-0.2, 0) is 6.42 Å². The second kappa shape index (κ2) is 5.27. The molecule has 6 heteroatoms. The van der Waals surface area contributed by atoms with E-state index >= 15 is 0 Å². The fraction of sp³-hybridized carbons (Fsp3) is 0.385. The SMILES string of the molecule is CNCCc1noc(-c2cccc3c2OCCO3)n1. The van der Waals surface area contributed by atoms with Gasteiger partial charge in [-0.25, -0.2) is 0 Å². The lowest BCUT2D eigenvalue weighted by Gasteiger charge is -2.19. The number of para-hydroxylation sites is 1. The van der Waals surface area contributed by atoms with Gasteiger partial charge < -0.3 is 19.3 Å². The molecule has 1 aliphatic heterocycles. The third-order valence-corrected chi connectivity index (χ3v) is 2.86. The van der Waals surface area contributed by atoms with E-state index in [0.29, 0.717) is 30.7 Å². The van der Waals surface area contributed by atoms with Crippen molar-refractivity contribution in [2.45, 2.75) is 6.42 Å². The summed E-state index contributed by atoms with van der Waals surface area (Å²) < 4.78 is 16.5. The fourth-order valence-electron chi connectivity index (χ4n) is 1.94. The van der Waals surface area contributed by atoms with E-state index in [4.69, 9.17) is 14.0 Å². The van der Waals surface area contributed by atoms with Gasteiger partial charge >= 0.3 is 0 Å². The van der Waals surface area contributed by atoms with Gasteiger partial charge in [0.2, 0.25) is 0 Å². The number of nitrogens with zero attached hydrogens (tertiary/aromatic N) is 2. The Morgan fingerprint density at radius 1 is 1.26 bits per heavy atom. The van der Waals surface area contributed by atoms with E-state index in [1.165, 1.54) is 0 Å². The highest BCUT2D eigenvalue weighted by molar-refractivity contribution is 5.67. The second-order valence-corrected chi connectivity index (χ2v) is 4.20. The third-order valence-electron chi connectivity index (χ3n) is 2.86. The van der Waals surface area contributed by atoms with E-state index in [1.807, 2.05) is 25.2 Å². The monoisotopic (exact) mass is 261 g/mol. The van der Waals surface area contributed by atoms with Gasteiger partial charge in [-0.05, 0) is 19.2 Å². The Morgan fingerprint density at radius 3 is 3.05 bits per heavy atom. The van der Waals surface area contributed by atoms with Crippen LogP contribution >= 0.6 is 0 Å². The smallest absolute Gasteiger partial charge is 0.261 e. The summed E-state index contributed by atoms with van der Waals surface area (Å²) in [4.78, 5) is 4.37. The Bertz CT molecular complexity index is 568. The Kier molecular flexibility index (Phi) is 3.33. The van der Waals surface area contributed by atoms with E-state index in [-0.39, 0.29) is 0 Å². The summed E-state index contributed by atoms with van der Waals surface area (Å²) in [6.45, 7) is 1.91. The number of rotatable bonds is 4. The summed E-state index contributed by atoms with van der Waals surface area (Å²) >= 11 is 0. The predicted molar refractivity (Wildman–Crippen MR) is 68.4 cm³/mol. The number of hydrogen-bond donors (Lipinski definition) is 1. The van der Waals surface area contributed by atoms with E-state index in [1.54, 1.807) is 0 Å². The van der Waals surface area contributed by atoms with Crippen molar-refractivity contribution in [1.29, 1.82) is 0 Å². The number of fused-ring (bicyclic) bond motifs is 1. The summed E-state index contributed by atoms with van der Waals surface area (Å²) in [6, 6.07) is 5.65. The van der Waals surface area contributed by atoms with Gasteiger partial charge in [0.05, 0.1) is 5.56 Å². The maximum Gasteiger partial charge on any atom is 0.261 e. The molecule has 2 heterocycles. The molecule has 3 rings (SSSR count). The second-order valence-electron chi connectivity index (χ2n) is 4.20. The Morgan fingerprint density at radius 2 is 2.16 bits per heavy atom. The maximum absolute atomic E-state index is 5.63. The highest BCUT2D eigenvalue weighted by atomic mass is 16.6. The molecule has 100 valence electrons. The van der Waals surface area contributed by atoms with Gasteiger partial charge in [-0.15, -0.1) is 0 Å². The number of aromatic nitrogens is 2. The highest BCUT2D eigenvalue weighted by Crippen LogP contribution is 2.38. The zero-order valence-corrected chi connectivity index (χ0v) is 10.7. The van der Waals surface area contributed by atoms with Gasteiger partial charge in [-0.2, -0.15) is 4.98 Å². The number of likely N-dealkylation sites (N-methyl/N-ethyl adjacent to an activating group) is 1. The molecule has 1 N–H and O–H groups in total. The quantitative estimate of drug-likeness (QED) is 0.893. The summed E-state index contributed by atoms with van der Waals surface area (Å²) in [6.07, 6.45) is 0.729. The standard InChI is InChI=1S/C13H15N3O3/c1-14-6-5-11-15-13(19-16-11)9-3-2-4-10-12(9)18-8-7-17-10/h2-4,14H,5-8H2,1H3. The molecular weight excluding hydrogens is 246 g/mol. The van der Waals surface area contributed by atoms with Crippen LogP contribution in [0.15, 0.2) is 22.7 Å². The first-order valence-corrected chi connectivity index (χ1v) is 6.24. The lowest BCUT2D eigenvalue weighted by molar-refractivity contribution is 0.172. The highest BCUT2D eigenvalue weighted by Gasteiger charge is 2.20. The van der Waals surface area contributed by atoms with E-state index < -0.39 is 0 Å². The minimum absolute atomic E-state index is 0.466. The molecule has 0 saturated carbocycles. The molecule has 1 aromatic carbocycles. The largest absolute Gasteiger partial charge is 0.486 e. The normalized spacial score (nSPS) is 13.5. The number of benzene rings is 1. The molecule has 0 radical (unpaired) electrons. The molecule has 0 fully saturated rings. The predicted octanol–water partition coefficient (Wildman–Crippen LogP) is 1.27. The topological polar surface area (TPSA) is 69.4 Å². The Hall–Kier alpha value is -2.08. The minimum Gasteiger partial charge on any atom is -0.486 e. The molecule has 2 aromatic rings. The van der Waals surface area contributed by atoms with Gasteiger partial charge in [-0.3, -0.25) is 0 Å². The zero-order valence-electron chi connectivity index (χ0n) is 10.7. The van der Waals surface area contributed by atoms with E-state index in [2.05, 4.69) is 15.5 Å². The van der Waals surface area contributed by atoms with E-state index in [9.17, 15) is 0 Å². The van der Waals surface area contributed by atoms with Crippen LogP contribution in [0, 0.1) is 0 Å². The number of hydrogen-bond acceptors (Lipinski definition) is 6. The summed E-state index contributed by atoms with van der Waals surface area (Å²) in [5, 5.41) is 7.01. The molecule has 0 spiro atoms. The van der Waals surface area contributed by atoms with Crippen molar-refractivity contribution < 1.29 is 14.0 Å². The molecule has 6 nitrogen and oxygen atoms in total. The summed E-state index contributed by atoms with van der Waals surface area (Å²) in [5.74, 6) is 2.54. The van der Waals surface area contributed by atoms with Crippen LogP contribution in [0.4, 0.5) is 0 Å². The molecule has 0 bridgehead atoms. The first-order chi connectivity index (χ1) is 9.38. The Balaban J connectivity index is 1.91. The average Bonchev–Trinajstić information content (AvgIpc) is 2.93. The van der Waals surface area contributed by atoms with Gasteiger partial charge in [0.25, 0.3) is 5.89 Å². The molecule has 19 heavy (non-hydrogen) atoms. The van der Waals surface area contributed by atoms with Crippen LogP contribution in [-0.4, -0.2) is 36.9 Å². The van der Waals surface area contributed by atoms with Gasteiger partial charge in [0, 0.05) is 13.0 Å². The van der Waals surface area contributed by atoms with Gasteiger partial charge in [0.1, 0.15) is 13.2 Å². The molecular formula is C13H15N3O3. The fourth-order valence-corrected chi connectivity index (χ4v) is 1.94. The van der Waals surface area contributed by atoms with Crippen molar-refractivity contribution in [2.75, 3.05) is 26.8 Å². The van der Waals surface area contributed by atoms with Crippen molar-refractivity contribution in [1.82, 2.24) is 15.5 Å². The van der Waals surface area contributed by atoms with Crippen LogP contribution in [0.5, 0.6) is 11.5 Å². The molecule has 0 atom stereocenters. The molecule has 1 aromatic heterocycles. The lowest BCUT2D eigenvalue weighted by Crippen LogP contribution is -2.15. The minimum atomic E-state index is 0.466. The van der Waals surface area contributed by atoms with E-state index in [0.717, 1.165) is 24.3 Å². The molecule has 0 saturated heterocycles. The van der Waals surface area contributed by atoms with Crippen LogP contribution in [0.25, 0.3) is 11.5 Å². The zero-order chi connectivity index (χ0) is 13.1. The summed E-state index contributed by atoms with van der Waals surface area (Å²) in [5.41, 5.74) is 0.778. The van der Waals surface area contributed by atoms with Crippen LogP contribution in [0.3, 0.4) is 0 Å². The molecule has 0 unspecified atom stereocenters.